The summed E-state index contributed by atoms with van der Waals surface area (Å²) in [6, 6.07) is 8.50. The molecule has 0 amide bonds. The molecular formula is C17H24N2O. The topological polar surface area (TPSA) is 51.2 Å². The first-order valence-corrected chi connectivity index (χ1v) is 7.73. The molecule has 0 saturated heterocycles. The van der Waals surface area contributed by atoms with Gasteiger partial charge in [0.05, 0.1) is 6.04 Å². The summed E-state index contributed by atoms with van der Waals surface area (Å²) in [6.07, 6.45) is 7.86. The van der Waals surface area contributed by atoms with E-state index in [9.17, 15) is 0 Å². The lowest BCUT2D eigenvalue weighted by Crippen LogP contribution is -2.28. The van der Waals surface area contributed by atoms with Gasteiger partial charge < -0.3 is 4.42 Å². The molecule has 1 aliphatic rings. The van der Waals surface area contributed by atoms with Gasteiger partial charge in [-0.3, -0.25) is 5.84 Å². The van der Waals surface area contributed by atoms with Crippen LogP contribution in [0.5, 0.6) is 0 Å². The van der Waals surface area contributed by atoms with Crippen LogP contribution < -0.4 is 11.3 Å². The van der Waals surface area contributed by atoms with Gasteiger partial charge in [0.25, 0.3) is 0 Å². The van der Waals surface area contributed by atoms with Gasteiger partial charge in [0.1, 0.15) is 11.3 Å². The average molecular weight is 272 g/mol. The quantitative estimate of drug-likeness (QED) is 0.633. The Balaban J connectivity index is 1.74. The second-order valence-electron chi connectivity index (χ2n) is 6.09. The molecule has 1 unspecified atom stereocenters. The fourth-order valence-electron chi connectivity index (χ4n) is 3.41. The third kappa shape index (κ3) is 2.74. The van der Waals surface area contributed by atoms with Crippen molar-refractivity contribution in [1.82, 2.24) is 5.43 Å². The lowest BCUT2D eigenvalue weighted by atomic mass is 9.98. The van der Waals surface area contributed by atoms with Gasteiger partial charge >= 0.3 is 0 Å². The maximum atomic E-state index is 6.02. The van der Waals surface area contributed by atoms with Crippen LogP contribution in [-0.4, -0.2) is 0 Å². The summed E-state index contributed by atoms with van der Waals surface area (Å²) in [5.74, 6) is 7.59. The predicted octanol–water partition coefficient (Wildman–Crippen LogP) is 4.22. The Kier molecular flexibility index (Phi) is 4.08. The molecule has 1 aromatic carbocycles. The molecule has 0 aliphatic heterocycles. The van der Waals surface area contributed by atoms with E-state index in [2.05, 4.69) is 36.6 Å². The second kappa shape index (κ2) is 5.98. The lowest BCUT2D eigenvalue weighted by Gasteiger charge is -2.15. The van der Waals surface area contributed by atoms with E-state index in [-0.39, 0.29) is 6.04 Å². The molecule has 3 N–H and O–H groups in total. The maximum Gasteiger partial charge on any atom is 0.137 e. The zero-order chi connectivity index (χ0) is 13.9. The number of benzene rings is 1. The fourth-order valence-corrected chi connectivity index (χ4v) is 3.41. The highest BCUT2D eigenvalue weighted by Gasteiger charge is 2.20. The number of hydrazine groups is 1. The molecule has 3 nitrogen and oxygen atoms in total. The van der Waals surface area contributed by atoms with Gasteiger partial charge in [-0.2, -0.15) is 0 Å². The first kappa shape index (κ1) is 13.7. The highest BCUT2D eigenvalue weighted by molar-refractivity contribution is 5.80. The molecule has 1 fully saturated rings. The molecule has 1 saturated carbocycles. The molecule has 0 bridgehead atoms. The number of rotatable bonds is 5. The molecule has 108 valence electrons. The number of nitrogens with two attached hydrogens (primary N) is 1. The Morgan fingerprint density at radius 3 is 2.85 bits per heavy atom. The van der Waals surface area contributed by atoms with Gasteiger partial charge in [0.15, 0.2) is 0 Å². The first-order valence-electron chi connectivity index (χ1n) is 7.73. The van der Waals surface area contributed by atoms with E-state index in [1.807, 2.05) is 0 Å². The summed E-state index contributed by atoms with van der Waals surface area (Å²) in [6.45, 7) is 2.08. The number of hydrogen-bond acceptors (Lipinski definition) is 3. The van der Waals surface area contributed by atoms with Crippen molar-refractivity contribution in [3.05, 3.63) is 35.6 Å². The van der Waals surface area contributed by atoms with Crippen LogP contribution in [0.1, 0.15) is 55.9 Å². The largest absolute Gasteiger partial charge is 0.459 e. The molecule has 0 radical (unpaired) electrons. The molecule has 1 heterocycles. The number of nitrogens with one attached hydrogen (secondary N) is 1. The van der Waals surface area contributed by atoms with Gasteiger partial charge in [-0.15, -0.1) is 0 Å². The van der Waals surface area contributed by atoms with Crippen LogP contribution in [0.2, 0.25) is 0 Å². The van der Waals surface area contributed by atoms with Crippen LogP contribution in [0.25, 0.3) is 11.0 Å². The minimum atomic E-state index is 0.127. The molecule has 2 aromatic rings. The second-order valence-corrected chi connectivity index (χ2v) is 6.09. The minimum absolute atomic E-state index is 0.127. The molecule has 1 aliphatic carbocycles. The highest BCUT2D eigenvalue weighted by Crippen LogP contribution is 2.33. The molecular weight excluding hydrogens is 248 g/mol. The van der Waals surface area contributed by atoms with Gasteiger partial charge in [0, 0.05) is 5.39 Å². The Bertz CT molecular complexity index is 569. The lowest BCUT2D eigenvalue weighted by molar-refractivity contribution is 0.371. The smallest absolute Gasteiger partial charge is 0.137 e. The number of para-hydroxylation sites is 1. The van der Waals surface area contributed by atoms with E-state index in [1.165, 1.54) is 43.1 Å². The Morgan fingerprint density at radius 2 is 2.15 bits per heavy atom. The summed E-state index contributed by atoms with van der Waals surface area (Å²) in [7, 11) is 0. The Morgan fingerprint density at radius 1 is 1.35 bits per heavy atom. The molecule has 20 heavy (non-hydrogen) atoms. The SMILES string of the molecule is Cc1cccc2cc(C(CCC3CCCC3)NN)oc12. The maximum absolute atomic E-state index is 6.02. The molecule has 3 rings (SSSR count). The van der Waals surface area contributed by atoms with Crippen molar-refractivity contribution in [2.24, 2.45) is 11.8 Å². The van der Waals surface area contributed by atoms with Crippen LogP contribution >= 0.6 is 0 Å². The van der Waals surface area contributed by atoms with Crippen LogP contribution in [0.3, 0.4) is 0 Å². The van der Waals surface area contributed by atoms with Crippen LogP contribution in [0.15, 0.2) is 28.7 Å². The average Bonchev–Trinajstić information content (AvgIpc) is 3.09. The van der Waals surface area contributed by atoms with Crippen LogP contribution in [-0.2, 0) is 0 Å². The van der Waals surface area contributed by atoms with Crippen LogP contribution in [0.4, 0.5) is 0 Å². The monoisotopic (exact) mass is 272 g/mol. The summed E-state index contributed by atoms with van der Waals surface area (Å²) in [5, 5.41) is 1.17. The molecule has 0 spiro atoms. The van der Waals surface area contributed by atoms with Crippen molar-refractivity contribution in [2.75, 3.05) is 0 Å². The number of hydrogen-bond donors (Lipinski definition) is 2. The molecule has 1 aromatic heterocycles. The van der Waals surface area contributed by atoms with E-state index in [0.29, 0.717) is 0 Å². The van der Waals surface area contributed by atoms with Gasteiger partial charge in [-0.05, 0) is 37.3 Å². The first-order chi connectivity index (χ1) is 9.78. The minimum Gasteiger partial charge on any atom is -0.459 e. The van der Waals surface area contributed by atoms with Crippen molar-refractivity contribution in [3.8, 4) is 0 Å². The Labute approximate surface area is 120 Å². The zero-order valence-corrected chi connectivity index (χ0v) is 12.2. The van der Waals surface area contributed by atoms with Gasteiger partial charge in [-0.25, -0.2) is 5.43 Å². The third-order valence-corrected chi connectivity index (χ3v) is 4.64. The van der Waals surface area contributed by atoms with Crippen LogP contribution in [0, 0.1) is 12.8 Å². The van der Waals surface area contributed by atoms with Crippen molar-refractivity contribution < 1.29 is 4.42 Å². The van der Waals surface area contributed by atoms with Crippen molar-refractivity contribution in [1.29, 1.82) is 0 Å². The number of fused-ring (bicyclic) bond motifs is 1. The Hall–Kier alpha value is -1.32. The van der Waals surface area contributed by atoms with Crippen molar-refractivity contribution in [3.63, 3.8) is 0 Å². The fraction of sp³-hybridized carbons (Fsp3) is 0.529. The highest BCUT2D eigenvalue weighted by atomic mass is 16.3. The van der Waals surface area contributed by atoms with Gasteiger partial charge in [0.2, 0.25) is 0 Å². The van der Waals surface area contributed by atoms with E-state index in [0.717, 1.165) is 23.7 Å². The third-order valence-electron chi connectivity index (χ3n) is 4.64. The van der Waals surface area contributed by atoms with Crippen molar-refractivity contribution >= 4 is 11.0 Å². The summed E-state index contributed by atoms with van der Waals surface area (Å²) in [5.41, 5.74) is 5.10. The summed E-state index contributed by atoms with van der Waals surface area (Å²) < 4.78 is 6.02. The van der Waals surface area contributed by atoms with Gasteiger partial charge in [-0.1, -0.05) is 43.9 Å². The summed E-state index contributed by atoms with van der Waals surface area (Å²) in [4.78, 5) is 0. The molecule has 3 heteroatoms. The van der Waals surface area contributed by atoms with E-state index < -0.39 is 0 Å². The van der Waals surface area contributed by atoms with E-state index in [4.69, 9.17) is 10.3 Å². The predicted molar refractivity (Wildman–Crippen MR) is 82.2 cm³/mol. The number of aryl methyl sites for hydroxylation is 1. The normalized spacial score (nSPS) is 17.9. The van der Waals surface area contributed by atoms with E-state index >= 15 is 0 Å². The number of furan rings is 1. The molecule has 1 atom stereocenters. The van der Waals surface area contributed by atoms with Crippen molar-refractivity contribution in [2.45, 2.75) is 51.5 Å². The summed E-state index contributed by atoms with van der Waals surface area (Å²) >= 11 is 0. The zero-order valence-electron chi connectivity index (χ0n) is 12.2. The van der Waals surface area contributed by atoms with E-state index in [1.54, 1.807) is 0 Å². The standard InChI is InChI=1S/C17H24N2O/c1-12-5-4-8-14-11-16(20-17(12)14)15(19-18)10-9-13-6-2-3-7-13/h4-5,8,11,13,15,19H,2-3,6-7,9-10,18H2,1H3.